The number of ether oxygens (including phenoxy) is 1. The Morgan fingerprint density at radius 2 is 1.79 bits per heavy atom. The molecule has 0 bridgehead atoms. The van der Waals surface area contributed by atoms with Gasteiger partial charge in [-0.25, -0.2) is 9.56 Å². The Balaban J connectivity index is 0.828. The van der Waals surface area contributed by atoms with E-state index in [1.807, 2.05) is 52.5 Å². The monoisotopic (exact) mass is 952 g/mol. The fourth-order valence-corrected chi connectivity index (χ4v) is 10.3. The number of nitrogen functional groups attached to an aromatic ring is 1. The van der Waals surface area contributed by atoms with Crippen molar-refractivity contribution in [2.75, 3.05) is 77.4 Å². The Morgan fingerprint density at radius 1 is 1.04 bits per heavy atom. The molecule has 8 rings (SSSR count). The van der Waals surface area contributed by atoms with Crippen LogP contribution in [0.3, 0.4) is 0 Å². The number of aliphatic hydroxyl groups is 1. The molecular formula is C48H61N10O9P. The van der Waals surface area contributed by atoms with Gasteiger partial charge in [0.25, 0.3) is 19.3 Å². The first-order chi connectivity index (χ1) is 32.4. The van der Waals surface area contributed by atoms with Crippen LogP contribution in [0.2, 0.25) is 0 Å². The number of aromatic amines is 1. The molecule has 2 aliphatic carbocycles. The largest absolute Gasteiger partial charge is 0.756 e. The zero-order valence-electron chi connectivity index (χ0n) is 39.6. The normalized spacial score (nSPS) is 22.6. The summed E-state index contributed by atoms with van der Waals surface area (Å²) in [5, 5.41) is 17.3. The number of rotatable bonds is 16. The van der Waals surface area contributed by atoms with Gasteiger partial charge in [0.1, 0.15) is 32.4 Å². The molecule has 2 amide bonds. The molecule has 0 spiro atoms. The van der Waals surface area contributed by atoms with E-state index in [0.29, 0.717) is 38.0 Å². The van der Waals surface area contributed by atoms with Crippen molar-refractivity contribution in [3.8, 4) is 0 Å². The summed E-state index contributed by atoms with van der Waals surface area (Å²) in [6.45, 7) is 5.53. The van der Waals surface area contributed by atoms with Crippen molar-refractivity contribution in [3.63, 3.8) is 0 Å². The standard InChI is InChI=1S/C48H61N10O9P/c1-48(2)34-25-28(55(3)4)18-20-32(34)38(33-21-19-29(56(5)6)26-35(33)48)30-15-10-11-16-31(30)44(62)57(7)24-14-17-37(59)50-22-12-8-9-13-23-51-47-52-39-42(53-46(49)54-43(39)61)58(47)45-40(60)41-36(66-45)27-65-68(63,64)67-41/h10-11,15-16,18-21,25-26,36,40-41,45,60H,8-9,12-14,17,22-24,27H2,1-7H3,(H5,49,50,54,59,61,62,63,64)/t36-,40-,41-,45-/m1/s1. The number of allylic oxidation sites excluding steroid dienone is 5. The molecular weight excluding hydrogens is 892 g/mol. The minimum atomic E-state index is -4.62. The van der Waals surface area contributed by atoms with Crippen molar-refractivity contribution in [2.45, 2.75) is 82.3 Å². The Kier molecular flexibility index (Phi) is 14.0. The van der Waals surface area contributed by atoms with Crippen LogP contribution in [0.15, 0.2) is 76.6 Å². The molecule has 0 radical (unpaired) electrons. The number of imidazole rings is 1. The number of nitrogens with zero attached hydrogens (tertiary/aromatic N) is 6. The van der Waals surface area contributed by atoms with Gasteiger partial charge in [-0.1, -0.05) is 51.0 Å². The summed E-state index contributed by atoms with van der Waals surface area (Å²) < 4.78 is 31.1. The number of phosphoric acid groups is 1. The van der Waals surface area contributed by atoms with Gasteiger partial charge in [-0.15, -0.1) is 0 Å². The predicted molar refractivity (Wildman–Crippen MR) is 258 cm³/mol. The number of phosphoric ester groups is 1. The van der Waals surface area contributed by atoms with Crippen molar-refractivity contribution in [2.24, 2.45) is 0 Å². The van der Waals surface area contributed by atoms with E-state index in [4.69, 9.17) is 19.5 Å². The number of nitrogens with two attached hydrogens (primary N) is 1. The van der Waals surface area contributed by atoms with Crippen LogP contribution >= 0.6 is 7.82 Å². The molecule has 6 N–H and O–H groups in total. The van der Waals surface area contributed by atoms with Crippen LogP contribution in [-0.2, 0) is 28.6 Å². The Labute approximate surface area is 395 Å². The van der Waals surface area contributed by atoms with Crippen molar-refractivity contribution in [1.82, 2.24) is 29.7 Å². The topological polar surface area (TPSA) is 245 Å². The van der Waals surface area contributed by atoms with Crippen molar-refractivity contribution in [1.29, 1.82) is 0 Å². The fourth-order valence-electron chi connectivity index (χ4n) is 9.37. The number of fused-ring (bicyclic) bond motifs is 4. The summed E-state index contributed by atoms with van der Waals surface area (Å²) in [6, 6.07) is 14.4. The SMILES string of the molecule is CN(CCCC(=O)NCCCCCCNc1nc2c(=O)[nH]c(N)nc2n1[C@@H]1O[C@@H]2COP(=O)([O-])O[C@H]2[C@H]1O)C(=O)c1ccccc1C1=C2C=CC(=[N+](C)C)C=C2C(C)(C)c2cc(N(C)C)ccc21. The van der Waals surface area contributed by atoms with Crippen molar-refractivity contribution < 1.29 is 42.5 Å². The minimum Gasteiger partial charge on any atom is -0.756 e. The maximum absolute atomic E-state index is 14.3. The second kappa shape index (κ2) is 19.6. The highest BCUT2D eigenvalue weighted by molar-refractivity contribution is 7.45. The number of nitrogens with one attached hydrogen (secondary N) is 3. The Morgan fingerprint density at radius 3 is 2.54 bits per heavy atom. The van der Waals surface area contributed by atoms with E-state index < -0.39 is 37.9 Å². The highest BCUT2D eigenvalue weighted by Gasteiger charge is 2.51. The maximum Gasteiger partial charge on any atom is 0.280 e. The lowest BCUT2D eigenvalue weighted by atomic mass is 9.64. The lowest BCUT2D eigenvalue weighted by molar-refractivity contribution is -0.462. The number of carbonyl (C=O) groups excluding carboxylic acids is 2. The average molecular weight is 953 g/mol. The van der Waals surface area contributed by atoms with E-state index in [-0.39, 0.29) is 53.3 Å². The summed E-state index contributed by atoms with van der Waals surface area (Å²) in [5.74, 6) is -0.194. The third-order valence-electron chi connectivity index (χ3n) is 13.1. The second-order valence-electron chi connectivity index (χ2n) is 18.6. The molecule has 4 aromatic rings. The van der Waals surface area contributed by atoms with Crippen LogP contribution in [0.4, 0.5) is 17.6 Å². The number of H-pyrrole nitrogens is 1. The van der Waals surface area contributed by atoms with Crippen molar-refractivity contribution >= 4 is 59.7 Å². The number of aliphatic hydroxyl groups excluding tert-OH is 1. The lowest BCUT2D eigenvalue weighted by Gasteiger charge is -2.39. The van der Waals surface area contributed by atoms with Crippen LogP contribution in [0.25, 0.3) is 16.7 Å². The molecule has 4 aliphatic rings. The van der Waals surface area contributed by atoms with Crippen LogP contribution in [0.1, 0.15) is 85.6 Å². The molecule has 1 unspecified atom stereocenters. The average Bonchev–Trinajstić information content (AvgIpc) is 3.81. The van der Waals surface area contributed by atoms with Crippen molar-refractivity contribution in [3.05, 3.63) is 104 Å². The number of hydrogen-bond acceptors (Lipinski definition) is 14. The van der Waals surface area contributed by atoms with Crippen LogP contribution in [-0.4, -0.2) is 131 Å². The summed E-state index contributed by atoms with van der Waals surface area (Å²) in [6.07, 6.45) is 5.66. The first kappa shape index (κ1) is 48.5. The molecule has 19 nitrogen and oxygen atoms in total. The third kappa shape index (κ3) is 9.68. The molecule has 2 fully saturated rings. The first-order valence-corrected chi connectivity index (χ1v) is 24.4. The highest BCUT2D eigenvalue weighted by Crippen LogP contribution is 2.52. The van der Waals surface area contributed by atoms with E-state index in [9.17, 15) is 28.9 Å². The number of benzene rings is 2. The van der Waals surface area contributed by atoms with Crippen LogP contribution in [0.5, 0.6) is 0 Å². The summed E-state index contributed by atoms with van der Waals surface area (Å²) in [5.41, 5.74) is 14.3. The molecule has 2 saturated heterocycles. The Bertz CT molecular complexity index is 2860. The summed E-state index contributed by atoms with van der Waals surface area (Å²) >= 11 is 0. The molecule has 20 heteroatoms. The summed E-state index contributed by atoms with van der Waals surface area (Å²) in [7, 11) is 5.35. The lowest BCUT2D eigenvalue weighted by Crippen LogP contribution is -2.41. The van der Waals surface area contributed by atoms with Crippen LogP contribution < -0.4 is 31.7 Å². The smallest absolute Gasteiger partial charge is 0.280 e. The Hall–Kier alpha value is -5.95. The molecule has 4 heterocycles. The minimum absolute atomic E-state index is 0.0379. The predicted octanol–water partition coefficient (Wildman–Crippen LogP) is 3.85. The number of unbranched alkanes of at least 4 members (excludes halogenated alkanes) is 3. The molecule has 68 heavy (non-hydrogen) atoms. The number of anilines is 3. The number of hydrogen-bond donors (Lipinski definition) is 5. The summed E-state index contributed by atoms with van der Waals surface area (Å²) in [4.78, 5) is 66.7. The molecule has 362 valence electrons. The first-order valence-electron chi connectivity index (χ1n) is 23.0. The maximum atomic E-state index is 14.3. The van der Waals surface area contributed by atoms with Gasteiger partial charge in [-0.05, 0) is 76.9 Å². The number of carbonyl (C=O) groups is 2. The van der Waals surface area contributed by atoms with E-state index in [0.717, 1.165) is 52.9 Å². The molecule has 2 aromatic carbocycles. The van der Waals surface area contributed by atoms with Gasteiger partial charge < -0.3 is 50.0 Å². The van der Waals surface area contributed by atoms with Gasteiger partial charge in [-0.3, -0.25) is 28.5 Å². The number of amides is 2. The zero-order valence-corrected chi connectivity index (χ0v) is 40.5. The van der Waals surface area contributed by atoms with E-state index >= 15 is 0 Å². The second-order valence-corrected chi connectivity index (χ2v) is 20.0. The molecule has 5 atom stereocenters. The van der Waals surface area contributed by atoms with Gasteiger partial charge in [0.15, 0.2) is 23.1 Å². The molecule has 2 aliphatic heterocycles. The zero-order chi connectivity index (χ0) is 48.7. The van der Waals surface area contributed by atoms with Gasteiger partial charge in [0, 0.05) is 76.0 Å². The van der Waals surface area contributed by atoms with Crippen LogP contribution in [0, 0.1) is 0 Å². The van der Waals surface area contributed by atoms with E-state index in [2.05, 4.69) is 85.3 Å². The molecule has 2 aromatic heterocycles. The molecule has 0 saturated carbocycles. The van der Waals surface area contributed by atoms with Gasteiger partial charge >= 0.3 is 0 Å². The third-order valence-corrected chi connectivity index (χ3v) is 14.1. The van der Waals surface area contributed by atoms with Gasteiger partial charge in [0.2, 0.25) is 17.8 Å². The quantitative estimate of drug-likeness (QED) is 0.0609. The van der Waals surface area contributed by atoms with E-state index in [1.54, 1.807) is 11.9 Å². The van der Waals surface area contributed by atoms with Gasteiger partial charge in [0.05, 0.1) is 6.61 Å². The fraction of sp³-hybridized carbons (Fsp3) is 0.458. The highest BCUT2D eigenvalue weighted by atomic mass is 31.2. The number of aromatic nitrogens is 4. The van der Waals surface area contributed by atoms with Gasteiger partial charge in [-0.2, -0.15) is 4.98 Å². The van der Waals surface area contributed by atoms with E-state index in [1.165, 1.54) is 15.7 Å².